The lowest BCUT2D eigenvalue weighted by molar-refractivity contribution is 0.444. The highest BCUT2D eigenvalue weighted by Crippen LogP contribution is 2.38. The molecular formula is C18H21N. The zero-order chi connectivity index (χ0) is 13.1. The third kappa shape index (κ3) is 2.56. The van der Waals surface area contributed by atoms with Crippen LogP contribution in [0.25, 0.3) is 11.3 Å². The molecule has 19 heavy (non-hydrogen) atoms. The third-order valence-corrected chi connectivity index (χ3v) is 4.27. The molecule has 1 aliphatic rings. The molecule has 0 spiro atoms. The summed E-state index contributed by atoms with van der Waals surface area (Å²) < 4.78 is 0. The van der Waals surface area contributed by atoms with E-state index in [4.69, 9.17) is 0 Å². The third-order valence-electron chi connectivity index (χ3n) is 4.27. The molecule has 1 nitrogen and oxygen atoms in total. The fourth-order valence-electron chi connectivity index (χ4n) is 3.25. The Bertz CT molecular complexity index is 553. The van der Waals surface area contributed by atoms with Crippen LogP contribution in [0.5, 0.6) is 0 Å². The first kappa shape index (κ1) is 12.4. The highest BCUT2D eigenvalue weighted by atomic mass is 14.7. The van der Waals surface area contributed by atoms with Crippen molar-refractivity contribution >= 4 is 0 Å². The molecule has 1 heterocycles. The Morgan fingerprint density at radius 1 is 0.947 bits per heavy atom. The standard InChI is InChI=1S/C18H21N/c1-14-8-7-13-19-18(14)17-12-6-5-11-16(17)15-9-3-2-4-10-15/h5-8,11-13,15H,2-4,9-10H2,1H3. The summed E-state index contributed by atoms with van der Waals surface area (Å²) >= 11 is 0. The van der Waals surface area contributed by atoms with E-state index < -0.39 is 0 Å². The number of aryl methyl sites for hydroxylation is 1. The summed E-state index contributed by atoms with van der Waals surface area (Å²) in [6.45, 7) is 2.15. The molecule has 2 aromatic rings. The molecule has 0 saturated heterocycles. The van der Waals surface area contributed by atoms with Crippen LogP contribution in [0.2, 0.25) is 0 Å². The molecule has 1 aliphatic carbocycles. The molecule has 0 aliphatic heterocycles. The van der Waals surface area contributed by atoms with E-state index in [0.717, 1.165) is 11.6 Å². The zero-order valence-corrected chi connectivity index (χ0v) is 11.6. The second-order valence-corrected chi connectivity index (χ2v) is 5.59. The fraction of sp³-hybridized carbons (Fsp3) is 0.389. The minimum atomic E-state index is 0.728. The van der Waals surface area contributed by atoms with Crippen molar-refractivity contribution in [1.29, 1.82) is 0 Å². The monoisotopic (exact) mass is 251 g/mol. The molecule has 98 valence electrons. The van der Waals surface area contributed by atoms with Gasteiger partial charge in [-0.3, -0.25) is 4.98 Å². The van der Waals surface area contributed by atoms with E-state index >= 15 is 0 Å². The number of benzene rings is 1. The lowest BCUT2D eigenvalue weighted by Gasteiger charge is -2.24. The largest absolute Gasteiger partial charge is 0.256 e. The molecule has 0 unspecified atom stereocenters. The number of rotatable bonds is 2. The first-order chi connectivity index (χ1) is 9.36. The first-order valence-corrected chi connectivity index (χ1v) is 7.37. The number of hydrogen-bond acceptors (Lipinski definition) is 1. The van der Waals surface area contributed by atoms with Gasteiger partial charge in [-0.05, 0) is 42.9 Å². The van der Waals surface area contributed by atoms with E-state index in [1.165, 1.54) is 48.8 Å². The smallest absolute Gasteiger partial charge is 0.0733 e. The molecule has 1 saturated carbocycles. The van der Waals surface area contributed by atoms with Crippen molar-refractivity contribution in [3.63, 3.8) is 0 Å². The van der Waals surface area contributed by atoms with Crippen LogP contribution in [-0.4, -0.2) is 4.98 Å². The Balaban J connectivity index is 2.04. The molecular weight excluding hydrogens is 230 g/mol. The van der Waals surface area contributed by atoms with Gasteiger partial charge in [-0.2, -0.15) is 0 Å². The maximum atomic E-state index is 4.60. The molecule has 0 radical (unpaired) electrons. The van der Waals surface area contributed by atoms with Gasteiger partial charge < -0.3 is 0 Å². The van der Waals surface area contributed by atoms with Crippen molar-refractivity contribution in [3.8, 4) is 11.3 Å². The van der Waals surface area contributed by atoms with Gasteiger partial charge in [-0.15, -0.1) is 0 Å². The van der Waals surface area contributed by atoms with Crippen LogP contribution in [-0.2, 0) is 0 Å². The van der Waals surface area contributed by atoms with Gasteiger partial charge >= 0.3 is 0 Å². The molecule has 0 atom stereocenters. The van der Waals surface area contributed by atoms with Crippen molar-refractivity contribution in [2.75, 3.05) is 0 Å². The average molecular weight is 251 g/mol. The van der Waals surface area contributed by atoms with Gasteiger partial charge in [0.15, 0.2) is 0 Å². The minimum Gasteiger partial charge on any atom is -0.256 e. The second-order valence-electron chi connectivity index (χ2n) is 5.59. The highest BCUT2D eigenvalue weighted by molar-refractivity contribution is 5.67. The van der Waals surface area contributed by atoms with E-state index in [1.807, 2.05) is 12.3 Å². The van der Waals surface area contributed by atoms with Crippen LogP contribution in [0, 0.1) is 6.92 Å². The van der Waals surface area contributed by atoms with Gasteiger partial charge in [0.05, 0.1) is 5.69 Å². The second kappa shape index (κ2) is 5.56. The van der Waals surface area contributed by atoms with Gasteiger partial charge in [0, 0.05) is 11.8 Å². The van der Waals surface area contributed by atoms with E-state index in [2.05, 4.69) is 42.2 Å². The van der Waals surface area contributed by atoms with Crippen molar-refractivity contribution in [2.45, 2.75) is 44.9 Å². The summed E-state index contributed by atoms with van der Waals surface area (Å²) in [6, 6.07) is 13.0. The molecule has 3 rings (SSSR count). The minimum absolute atomic E-state index is 0.728. The number of aromatic nitrogens is 1. The summed E-state index contributed by atoms with van der Waals surface area (Å²) in [7, 11) is 0. The summed E-state index contributed by atoms with van der Waals surface area (Å²) in [4.78, 5) is 4.60. The zero-order valence-electron chi connectivity index (χ0n) is 11.6. The van der Waals surface area contributed by atoms with Crippen molar-refractivity contribution in [3.05, 3.63) is 53.7 Å². The van der Waals surface area contributed by atoms with Gasteiger partial charge in [0.1, 0.15) is 0 Å². The van der Waals surface area contributed by atoms with E-state index in [9.17, 15) is 0 Å². The van der Waals surface area contributed by atoms with Crippen molar-refractivity contribution in [2.24, 2.45) is 0 Å². The fourth-order valence-corrected chi connectivity index (χ4v) is 3.25. The van der Waals surface area contributed by atoms with Crippen LogP contribution in [0.4, 0.5) is 0 Å². The topological polar surface area (TPSA) is 12.9 Å². The maximum absolute atomic E-state index is 4.60. The molecule has 0 amide bonds. The van der Waals surface area contributed by atoms with Gasteiger partial charge in [-0.1, -0.05) is 49.6 Å². The van der Waals surface area contributed by atoms with Crippen LogP contribution < -0.4 is 0 Å². The normalized spacial score (nSPS) is 16.5. The molecule has 1 fully saturated rings. The molecule has 1 heteroatoms. The van der Waals surface area contributed by atoms with Gasteiger partial charge in [-0.25, -0.2) is 0 Å². The summed E-state index contributed by atoms with van der Waals surface area (Å²) in [5, 5.41) is 0. The summed E-state index contributed by atoms with van der Waals surface area (Å²) in [6.07, 6.45) is 8.73. The molecule has 1 aromatic carbocycles. The predicted octanol–water partition coefficient (Wildman–Crippen LogP) is 5.10. The Morgan fingerprint density at radius 2 is 1.74 bits per heavy atom. The Morgan fingerprint density at radius 3 is 2.53 bits per heavy atom. The Kier molecular flexibility index (Phi) is 3.63. The van der Waals surface area contributed by atoms with Crippen LogP contribution >= 0.6 is 0 Å². The first-order valence-electron chi connectivity index (χ1n) is 7.37. The Labute approximate surface area is 115 Å². The van der Waals surface area contributed by atoms with E-state index in [1.54, 1.807) is 0 Å². The van der Waals surface area contributed by atoms with Crippen molar-refractivity contribution in [1.82, 2.24) is 4.98 Å². The highest BCUT2D eigenvalue weighted by Gasteiger charge is 2.19. The Hall–Kier alpha value is -1.63. The van der Waals surface area contributed by atoms with Gasteiger partial charge in [0.2, 0.25) is 0 Å². The number of nitrogens with zero attached hydrogens (tertiary/aromatic N) is 1. The predicted molar refractivity (Wildman–Crippen MR) is 80.2 cm³/mol. The summed E-state index contributed by atoms with van der Waals surface area (Å²) in [5.74, 6) is 0.728. The lowest BCUT2D eigenvalue weighted by Crippen LogP contribution is -2.06. The van der Waals surface area contributed by atoms with E-state index in [-0.39, 0.29) is 0 Å². The van der Waals surface area contributed by atoms with E-state index in [0.29, 0.717) is 0 Å². The lowest BCUT2D eigenvalue weighted by atomic mass is 9.81. The van der Waals surface area contributed by atoms with Crippen molar-refractivity contribution < 1.29 is 0 Å². The quantitative estimate of drug-likeness (QED) is 0.723. The summed E-state index contributed by atoms with van der Waals surface area (Å²) in [5.41, 5.74) is 5.27. The molecule has 0 bridgehead atoms. The molecule has 0 N–H and O–H groups in total. The number of hydrogen-bond donors (Lipinski definition) is 0. The van der Waals surface area contributed by atoms with Crippen LogP contribution in [0.1, 0.15) is 49.1 Å². The number of pyridine rings is 1. The van der Waals surface area contributed by atoms with Crippen LogP contribution in [0.15, 0.2) is 42.6 Å². The average Bonchev–Trinajstić information content (AvgIpc) is 2.49. The molecule has 1 aromatic heterocycles. The SMILES string of the molecule is Cc1cccnc1-c1ccccc1C1CCCCC1. The van der Waals surface area contributed by atoms with Crippen LogP contribution in [0.3, 0.4) is 0 Å². The van der Waals surface area contributed by atoms with Gasteiger partial charge in [0.25, 0.3) is 0 Å². The maximum Gasteiger partial charge on any atom is 0.0733 e.